The van der Waals surface area contributed by atoms with Gasteiger partial charge in [0.25, 0.3) is 0 Å². The van der Waals surface area contributed by atoms with Crippen LogP contribution >= 0.6 is 23.5 Å². The van der Waals surface area contributed by atoms with Gasteiger partial charge in [-0.05, 0) is 29.8 Å². The highest BCUT2D eigenvalue weighted by Gasteiger charge is 2.22. The number of nitrogens with zero attached hydrogens (tertiary/aromatic N) is 1. The van der Waals surface area contributed by atoms with Gasteiger partial charge in [-0.25, -0.2) is 0 Å². The fraction of sp³-hybridized carbons (Fsp3) is 0.188. The lowest BCUT2D eigenvalue weighted by molar-refractivity contribution is 0.486. The van der Waals surface area contributed by atoms with Crippen LogP contribution < -0.4 is 4.18 Å². The van der Waals surface area contributed by atoms with Crippen molar-refractivity contribution in [2.75, 3.05) is 11.5 Å². The zero-order valence-corrected chi connectivity index (χ0v) is 14.5. The first-order valence-electron chi connectivity index (χ1n) is 6.87. The summed E-state index contributed by atoms with van der Waals surface area (Å²) >= 11 is 3.77. The third kappa shape index (κ3) is 3.66. The van der Waals surface area contributed by atoms with E-state index in [1.54, 1.807) is 24.3 Å². The lowest BCUT2D eigenvalue weighted by atomic mass is 10.2. The first-order valence-corrected chi connectivity index (χ1v) is 10.4. The van der Waals surface area contributed by atoms with Crippen molar-refractivity contribution in [1.82, 2.24) is 0 Å². The lowest BCUT2D eigenvalue weighted by Crippen LogP contribution is -2.11. The Bertz CT molecular complexity index is 836. The molecule has 1 fully saturated rings. The Balaban J connectivity index is 1.82. The minimum absolute atomic E-state index is 0.0721. The summed E-state index contributed by atoms with van der Waals surface area (Å²) in [7, 11) is -4.02. The highest BCUT2D eigenvalue weighted by atomic mass is 32.2. The molecule has 118 valence electrons. The van der Waals surface area contributed by atoms with Gasteiger partial charge >= 0.3 is 10.1 Å². The second kappa shape index (κ2) is 6.87. The number of nitriles is 1. The lowest BCUT2D eigenvalue weighted by Gasteiger charge is -2.11. The third-order valence-corrected chi connectivity index (χ3v) is 7.67. The molecule has 0 amide bonds. The van der Waals surface area contributed by atoms with E-state index in [-0.39, 0.29) is 16.2 Å². The number of thioether (sulfide) groups is 2. The first-order chi connectivity index (χ1) is 11.1. The molecule has 1 aliphatic rings. The number of rotatable bonds is 4. The molecule has 2 aromatic rings. The molecule has 2 aromatic carbocycles. The molecule has 0 aromatic heterocycles. The Labute approximate surface area is 144 Å². The fourth-order valence-electron chi connectivity index (χ4n) is 2.18. The molecule has 0 atom stereocenters. The summed E-state index contributed by atoms with van der Waals surface area (Å²) in [6.07, 6.45) is 0. The smallest absolute Gasteiger partial charge is 0.340 e. The van der Waals surface area contributed by atoms with Crippen LogP contribution in [0.25, 0.3) is 0 Å². The summed E-state index contributed by atoms with van der Waals surface area (Å²) in [5.74, 6) is 2.51. The van der Waals surface area contributed by atoms with Gasteiger partial charge in [-0.3, -0.25) is 0 Å². The largest absolute Gasteiger partial charge is 0.379 e. The van der Waals surface area contributed by atoms with Crippen molar-refractivity contribution in [3.8, 4) is 11.8 Å². The van der Waals surface area contributed by atoms with Crippen LogP contribution in [0, 0.1) is 11.3 Å². The van der Waals surface area contributed by atoms with Crippen molar-refractivity contribution < 1.29 is 12.6 Å². The summed E-state index contributed by atoms with van der Waals surface area (Å²) in [5, 5.41) is 9.03. The van der Waals surface area contributed by atoms with Crippen LogP contribution in [0.2, 0.25) is 0 Å². The predicted octanol–water partition coefficient (Wildman–Crippen LogP) is 3.80. The van der Waals surface area contributed by atoms with Gasteiger partial charge in [0, 0.05) is 11.5 Å². The third-order valence-electron chi connectivity index (χ3n) is 3.26. The maximum Gasteiger partial charge on any atom is 0.340 e. The molecule has 0 spiro atoms. The molecule has 3 rings (SSSR count). The highest BCUT2D eigenvalue weighted by molar-refractivity contribution is 8.19. The topological polar surface area (TPSA) is 67.2 Å². The van der Waals surface area contributed by atoms with Gasteiger partial charge in [-0.2, -0.15) is 13.7 Å². The molecule has 23 heavy (non-hydrogen) atoms. The van der Waals surface area contributed by atoms with Crippen molar-refractivity contribution in [1.29, 1.82) is 5.26 Å². The Hall–Kier alpha value is -1.62. The Morgan fingerprint density at radius 2 is 1.70 bits per heavy atom. The molecule has 0 bridgehead atoms. The van der Waals surface area contributed by atoms with E-state index in [0.29, 0.717) is 4.58 Å². The first kappa shape index (κ1) is 16.2. The van der Waals surface area contributed by atoms with Gasteiger partial charge in [-0.1, -0.05) is 24.3 Å². The van der Waals surface area contributed by atoms with Gasteiger partial charge in [0.1, 0.15) is 16.7 Å². The van der Waals surface area contributed by atoms with Crippen LogP contribution in [0.4, 0.5) is 0 Å². The molecular weight excluding hydrogens is 350 g/mol. The zero-order valence-electron chi connectivity index (χ0n) is 12.0. The maximum atomic E-state index is 12.3. The van der Waals surface area contributed by atoms with E-state index in [1.165, 1.54) is 12.1 Å². The monoisotopic (exact) mass is 363 g/mol. The number of benzene rings is 2. The molecule has 0 aliphatic carbocycles. The molecule has 4 nitrogen and oxygen atoms in total. The van der Waals surface area contributed by atoms with Crippen LogP contribution in [0.5, 0.6) is 5.75 Å². The van der Waals surface area contributed by atoms with Crippen LogP contribution in [-0.2, 0) is 10.1 Å². The number of hydrogen-bond acceptors (Lipinski definition) is 6. The molecule has 0 saturated carbocycles. The van der Waals surface area contributed by atoms with Gasteiger partial charge < -0.3 is 4.18 Å². The summed E-state index contributed by atoms with van der Waals surface area (Å²) in [6.45, 7) is 0. The molecule has 1 aliphatic heterocycles. The highest BCUT2D eigenvalue weighted by Crippen LogP contribution is 2.45. The van der Waals surface area contributed by atoms with E-state index in [1.807, 2.05) is 41.7 Å². The summed E-state index contributed by atoms with van der Waals surface area (Å²) in [4.78, 5) is -0.117. The van der Waals surface area contributed by atoms with E-state index in [2.05, 4.69) is 0 Å². The minimum Gasteiger partial charge on any atom is -0.379 e. The van der Waals surface area contributed by atoms with E-state index in [9.17, 15) is 8.42 Å². The van der Waals surface area contributed by atoms with Crippen LogP contribution in [0.1, 0.15) is 15.7 Å². The van der Waals surface area contributed by atoms with Crippen molar-refractivity contribution >= 4 is 33.6 Å². The Kier molecular flexibility index (Phi) is 4.85. The molecule has 1 heterocycles. The average Bonchev–Trinajstić information content (AvgIpc) is 3.09. The summed E-state index contributed by atoms with van der Waals surface area (Å²) < 4.78 is 30.2. The van der Waals surface area contributed by atoms with Crippen LogP contribution in [0.3, 0.4) is 0 Å². The second-order valence-electron chi connectivity index (χ2n) is 4.79. The van der Waals surface area contributed by atoms with Gasteiger partial charge in [-0.15, -0.1) is 23.5 Å². The molecule has 0 unspecified atom stereocenters. The molecule has 0 radical (unpaired) electrons. The molecule has 0 N–H and O–H groups in total. The van der Waals surface area contributed by atoms with Crippen molar-refractivity contribution in [2.24, 2.45) is 0 Å². The Morgan fingerprint density at radius 1 is 1.04 bits per heavy atom. The van der Waals surface area contributed by atoms with E-state index >= 15 is 0 Å². The summed E-state index contributed by atoms with van der Waals surface area (Å²) in [6, 6.07) is 14.9. The zero-order chi connectivity index (χ0) is 16.3. The van der Waals surface area contributed by atoms with Gasteiger partial charge in [0.15, 0.2) is 0 Å². The van der Waals surface area contributed by atoms with E-state index in [4.69, 9.17) is 9.44 Å². The molecular formula is C16H13NO3S3. The predicted molar refractivity (Wildman–Crippen MR) is 93.1 cm³/mol. The van der Waals surface area contributed by atoms with Gasteiger partial charge in [0.05, 0.1) is 10.1 Å². The van der Waals surface area contributed by atoms with Crippen molar-refractivity contribution in [3.63, 3.8) is 0 Å². The number of hydrogen-bond donors (Lipinski definition) is 0. The Morgan fingerprint density at radius 3 is 2.35 bits per heavy atom. The van der Waals surface area contributed by atoms with E-state index in [0.717, 1.165) is 17.1 Å². The second-order valence-corrected chi connectivity index (χ2v) is 9.03. The maximum absolute atomic E-state index is 12.3. The SMILES string of the molecule is N#Cc1ccccc1S(=O)(=O)Oc1ccc(C2SCCS2)cc1. The fourth-order valence-corrected chi connectivity index (χ4v) is 6.12. The van der Waals surface area contributed by atoms with Crippen LogP contribution in [0.15, 0.2) is 53.4 Å². The standard InChI is InChI=1S/C16H13NO3S3/c17-11-13-3-1-2-4-15(13)23(18,19)20-14-7-5-12(6-8-14)16-21-9-10-22-16/h1-8,16H,9-10H2. The van der Waals surface area contributed by atoms with Crippen LogP contribution in [-0.4, -0.2) is 19.9 Å². The normalized spacial score (nSPS) is 15.3. The summed E-state index contributed by atoms with van der Waals surface area (Å²) in [5.41, 5.74) is 1.22. The minimum atomic E-state index is -4.02. The molecule has 1 saturated heterocycles. The van der Waals surface area contributed by atoms with Crippen molar-refractivity contribution in [2.45, 2.75) is 9.48 Å². The molecule has 7 heteroatoms. The quantitative estimate of drug-likeness (QED) is 0.770. The average molecular weight is 363 g/mol. The van der Waals surface area contributed by atoms with Gasteiger partial charge in [0.2, 0.25) is 0 Å². The van der Waals surface area contributed by atoms with Crippen molar-refractivity contribution in [3.05, 3.63) is 59.7 Å². The van der Waals surface area contributed by atoms with E-state index < -0.39 is 10.1 Å².